The maximum atomic E-state index is 11.7. The van der Waals surface area contributed by atoms with E-state index in [0.29, 0.717) is 19.5 Å². The summed E-state index contributed by atoms with van der Waals surface area (Å²) in [6.07, 6.45) is 0.684. The molecule has 1 atom stereocenters. The second-order valence-corrected chi connectivity index (χ2v) is 4.22. The quantitative estimate of drug-likeness (QED) is 0.822. The van der Waals surface area contributed by atoms with Crippen molar-refractivity contribution in [1.29, 1.82) is 0 Å². The molecule has 92 valence electrons. The lowest BCUT2D eigenvalue weighted by molar-refractivity contribution is 0.0910. The largest absolute Gasteiger partial charge is 0.440 e. The van der Waals surface area contributed by atoms with Crippen molar-refractivity contribution >= 4 is 23.5 Å². The van der Waals surface area contributed by atoms with Gasteiger partial charge in [-0.2, -0.15) is 0 Å². The lowest BCUT2D eigenvalue weighted by Gasteiger charge is -2.13. The molecule has 1 aliphatic heterocycles. The first-order valence-electron chi connectivity index (χ1n) is 5.17. The number of furan rings is 1. The highest BCUT2D eigenvalue weighted by Gasteiger charge is 2.26. The van der Waals surface area contributed by atoms with E-state index in [0.717, 1.165) is 0 Å². The summed E-state index contributed by atoms with van der Waals surface area (Å²) in [5.41, 5.74) is 5.14. The molecule has 1 aromatic heterocycles. The zero-order valence-electron chi connectivity index (χ0n) is 8.98. The molecule has 3 amide bonds. The van der Waals surface area contributed by atoms with E-state index in [1.165, 1.54) is 17.0 Å². The third kappa shape index (κ3) is 2.71. The van der Waals surface area contributed by atoms with E-state index in [1.807, 2.05) is 0 Å². The monoisotopic (exact) mass is 257 g/mol. The van der Waals surface area contributed by atoms with Crippen molar-refractivity contribution in [2.24, 2.45) is 5.73 Å². The van der Waals surface area contributed by atoms with Gasteiger partial charge in [-0.1, -0.05) is 0 Å². The highest BCUT2D eigenvalue weighted by molar-refractivity contribution is 6.29. The number of hydrogen-bond donors (Lipinski definition) is 2. The van der Waals surface area contributed by atoms with Gasteiger partial charge in [-0.25, -0.2) is 4.79 Å². The van der Waals surface area contributed by atoms with Crippen LogP contribution >= 0.6 is 11.6 Å². The Hall–Kier alpha value is -1.69. The van der Waals surface area contributed by atoms with Crippen LogP contribution in [0, 0.1) is 0 Å². The van der Waals surface area contributed by atoms with Gasteiger partial charge in [0.05, 0.1) is 0 Å². The maximum absolute atomic E-state index is 11.7. The Balaban J connectivity index is 1.90. The first-order valence-corrected chi connectivity index (χ1v) is 5.54. The summed E-state index contributed by atoms with van der Waals surface area (Å²) in [7, 11) is 0. The highest BCUT2D eigenvalue weighted by atomic mass is 35.5. The zero-order valence-corrected chi connectivity index (χ0v) is 9.74. The van der Waals surface area contributed by atoms with Gasteiger partial charge in [0.1, 0.15) is 0 Å². The number of halogens is 1. The first kappa shape index (κ1) is 11.8. The van der Waals surface area contributed by atoms with Crippen molar-refractivity contribution in [2.45, 2.75) is 12.5 Å². The molecule has 1 fully saturated rings. The Bertz CT molecular complexity index is 446. The minimum Gasteiger partial charge on any atom is -0.440 e. The number of rotatable bonds is 2. The van der Waals surface area contributed by atoms with Crippen LogP contribution in [0.15, 0.2) is 16.5 Å². The van der Waals surface area contributed by atoms with Gasteiger partial charge in [-0.05, 0) is 30.2 Å². The Labute approximate surface area is 103 Å². The standard InChI is InChI=1S/C10H12ClN3O3/c11-8-2-1-7(17-8)9(15)13-6-3-4-14(5-6)10(12)16/h1-2,6H,3-5H2,(H2,12,16)(H,13,15)/t6-/m0/s1. The van der Waals surface area contributed by atoms with Gasteiger partial charge in [0.25, 0.3) is 5.91 Å². The molecule has 2 rings (SSSR count). The molecule has 0 radical (unpaired) electrons. The van der Waals surface area contributed by atoms with Gasteiger partial charge >= 0.3 is 6.03 Å². The predicted octanol–water partition coefficient (Wildman–Crippen LogP) is 0.816. The van der Waals surface area contributed by atoms with Gasteiger partial charge in [0.15, 0.2) is 11.0 Å². The molecular formula is C10H12ClN3O3. The number of nitrogens with one attached hydrogen (secondary N) is 1. The molecular weight excluding hydrogens is 246 g/mol. The van der Waals surface area contributed by atoms with Crippen LogP contribution in [0.5, 0.6) is 0 Å². The molecule has 1 aliphatic rings. The van der Waals surface area contributed by atoms with Crippen molar-refractivity contribution in [3.63, 3.8) is 0 Å². The Morgan fingerprint density at radius 2 is 2.29 bits per heavy atom. The minimum atomic E-state index is -0.470. The second kappa shape index (κ2) is 4.67. The molecule has 1 aromatic rings. The summed E-state index contributed by atoms with van der Waals surface area (Å²) in [5, 5.41) is 2.92. The summed E-state index contributed by atoms with van der Waals surface area (Å²) < 4.78 is 4.98. The molecule has 1 saturated heterocycles. The average molecular weight is 258 g/mol. The van der Waals surface area contributed by atoms with E-state index >= 15 is 0 Å². The highest BCUT2D eigenvalue weighted by Crippen LogP contribution is 2.14. The molecule has 17 heavy (non-hydrogen) atoms. The Kier molecular flexibility index (Phi) is 3.23. The van der Waals surface area contributed by atoms with Crippen LogP contribution in [-0.2, 0) is 0 Å². The van der Waals surface area contributed by atoms with Crippen LogP contribution in [-0.4, -0.2) is 36.0 Å². The fraction of sp³-hybridized carbons (Fsp3) is 0.400. The Morgan fingerprint density at radius 3 is 2.82 bits per heavy atom. The number of amides is 3. The summed E-state index contributed by atoms with van der Waals surface area (Å²) in [6.45, 7) is 0.981. The summed E-state index contributed by atoms with van der Waals surface area (Å²) in [6, 6.07) is 2.43. The number of primary amides is 1. The molecule has 0 bridgehead atoms. The SMILES string of the molecule is NC(=O)N1CC[C@H](NC(=O)c2ccc(Cl)o2)C1. The van der Waals surface area contributed by atoms with E-state index in [-0.39, 0.29) is 22.9 Å². The van der Waals surface area contributed by atoms with Gasteiger partial charge in [0, 0.05) is 19.1 Å². The third-order valence-corrected chi connectivity index (χ3v) is 2.84. The van der Waals surface area contributed by atoms with Gasteiger partial charge in [-0.3, -0.25) is 4.79 Å². The van der Waals surface area contributed by atoms with Crippen LogP contribution < -0.4 is 11.1 Å². The molecule has 0 unspecified atom stereocenters. The molecule has 0 aromatic carbocycles. The van der Waals surface area contributed by atoms with Crippen LogP contribution in [0.2, 0.25) is 5.22 Å². The topological polar surface area (TPSA) is 88.6 Å². The van der Waals surface area contributed by atoms with Crippen LogP contribution in [0.4, 0.5) is 4.79 Å². The zero-order chi connectivity index (χ0) is 12.4. The number of urea groups is 1. The van der Waals surface area contributed by atoms with E-state index in [9.17, 15) is 9.59 Å². The molecule has 7 heteroatoms. The predicted molar refractivity (Wildman–Crippen MR) is 60.7 cm³/mol. The first-order chi connectivity index (χ1) is 8.06. The smallest absolute Gasteiger partial charge is 0.314 e. The molecule has 3 N–H and O–H groups in total. The van der Waals surface area contributed by atoms with Crippen molar-refractivity contribution in [2.75, 3.05) is 13.1 Å². The molecule has 6 nitrogen and oxygen atoms in total. The van der Waals surface area contributed by atoms with Gasteiger partial charge < -0.3 is 20.4 Å². The second-order valence-electron chi connectivity index (χ2n) is 3.85. The Morgan fingerprint density at radius 1 is 1.53 bits per heavy atom. The number of likely N-dealkylation sites (tertiary alicyclic amines) is 1. The molecule has 0 saturated carbocycles. The van der Waals surface area contributed by atoms with Crippen molar-refractivity contribution in [1.82, 2.24) is 10.2 Å². The number of carbonyl (C=O) groups excluding carboxylic acids is 2. The minimum absolute atomic E-state index is 0.0983. The normalized spacial score (nSPS) is 19.4. The lowest BCUT2D eigenvalue weighted by Crippen LogP contribution is -2.39. The average Bonchev–Trinajstić information content (AvgIpc) is 2.86. The van der Waals surface area contributed by atoms with Crippen LogP contribution in [0.25, 0.3) is 0 Å². The van der Waals surface area contributed by atoms with Crippen molar-refractivity contribution < 1.29 is 14.0 Å². The molecule has 2 heterocycles. The number of carbonyl (C=O) groups is 2. The fourth-order valence-electron chi connectivity index (χ4n) is 1.77. The van der Waals surface area contributed by atoms with Crippen molar-refractivity contribution in [3.05, 3.63) is 23.1 Å². The van der Waals surface area contributed by atoms with Crippen LogP contribution in [0.1, 0.15) is 17.0 Å². The number of nitrogens with zero attached hydrogens (tertiary/aromatic N) is 1. The number of hydrogen-bond acceptors (Lipinski definition) is 3. The lowest BCUT2D eigenvalue weighted by atomic mass is 10.2. The molecule has 0 aliphatic carbocycles. The van der Waals surface area contributed by atoms with E-state index < -0.39 is 6.03 Å². The van der Waals surface area contributed by atoms with E-state index in [4.69, 9.17) is 21.8 Å². The third-order valence-electron chi connectivity index (χ3n) is 2.63. The van der Waals surface area contributed by atoms with E-state index in [2.05, 4.69) is 5.32 Å². The van der Waals surface area contributed by atoms with Gasteiger partial charge in [0.2, 0.25) is 0 Å². The summed E-state index contributed by atoms with van der Waals surface area (Å²) in [4.78, 5) is 24.1. The molecule has 0 spiro atoms. The van der Waals surface area contributed by atoms with Gasteiger partial charge in [-0.15, -0.1) is 0 Å². The summed E-state index contributed by atoms with van der Waals surface area (Å²) >= 11 is 5.57. The van der Waals surface area contributed by atoms with Crippen LogP contribution in [0.3, 0.4) is 0 Å². The fourth-order valence-corrected chi connectivity index (χ4v) is 1.92. The van der Waals surface area contributed by atoms with E-state index in [1.54, 1.807) is 0 Å². The number of nitrogens with two attached hydrogens (primary N) is 1. The summed E-state index contributed by atoms with van der Waals surface area (Å²) in [5.74, 6) is -0.180. The maximum Gasteiger partial charge on any atom is 0.314 e. The van der Waals surface area contributed by atoms with Crippen molar-refractivity contribution in [3.8, 4) is 0 Å².